The Morgan fingerprint density at radius 1 is 0.979 bits per heavy atom. The Bertz CT molecular complexity index is 1640. The second kappa shape index (κ2) is 14.5. The Morgan fingerprint density at radius 2 is 1.69 bits per heavy atom. The Morgan fingerprint density at radius 3 is 2.35 bits per heavy atom. The number of halogens is 1. The summed E-state index contributed by atoms with van der Waals surface area (Å²) in [5.74, 6) is -0.456. The molecule has 3 aliphatic rings. The number of benzene rings is 2. The van der Waals surface area contributed by atoms with Crippen LogP contribution in [-0.4, -0.2) is 93.7 Å². The lowest BCUT2D eigenvalue weighted by Gasteiger charge is -2.38. The van der Waals surface area contributed by atoms with Crippen LogP contribution in [-0.2, 0) is 9.59 Å². The third-order valence-electron chi connectivity index (χ3n) is 10.1. The number of piperidine rings is 1. The molecule has 1 aromatic heterocycles. The molecule has 0 saturated carbocycles. The highest BCUT2D eigenvalue weighted by Crippen LogP contribution is 2.49. The quantitative estimate of drug-likeness (QED) is 0.299. The number of carbonyl (C=O) groups excluding carboxylic acids is 2. The zero-order valence-corrected chi connectivity index (χ0v) is 29.5. The zero-order chi connectivity index (χ0) is 34.0. The van der Waals surface area contributed by atoms with Gasteiger partial charge in [-0.05, 0) is 48.9 Å². The highest BCUT2D eigenvalue weighted by atomic mass is 32.2. The number of imidazole rings is 1. The van der Waals surface area contributed by atoms with Gasteiger partial charge in [0.2, 0.25) is 11.8 Å². The van der Waals surface area contributed by atoms with Gasteiger partial charge in [-0.15, -0.1) is 11.8 Å². The van der Waals surface area contributed by atoms with Crippen LogP contribution in [0.3, 0.4) is 0 Å². The van der Waals surface area contributed by atoms with Crippen molar-refractivity contribution in [2.75, 3.05) is 57.3 Å². The van der Waals surface area contributed by atoms with Crippen LogP contribution in [0.5, 0.6) is 0 Å². The van der Waals surface area contributed by atoms with E-state index in [-0.39, 0.29) is 42.6 Å². The van der Waals surface area contributed by atoms with E-state index in [2.05, 4.69) is 42.5 Å². The number of aromatic nitrogens is 2. The van der Waals surface area contributed by atoms with Crippen molar-refractivity contribution in [2.24, 2.45) is 5.41 Å². The van der Waals surface area contributed by atoms with Crippen LogP contribution in [0.25, 0.3) is 11.3 Å². The fourth-order valence-corrected chi connectivity index (χ4v) is 8.64. The molecule has 11 heteroatoms. The number of anilines is 1. The normalized spacial score (nSPS) is 21.4. The minimum Gasteiger partial charge on any atom is -0.369 e. The Hall–Kier alpha value is -3.57. The van der Waals surface area contributed by atoms with Gasteiger partial charge in [-0.25, -0.2) is 9.18 Å². The molecule has 0 radical (unpaired) electrons. The summed E-state index contributed by atoms with van der Waals surface area (Å²) in [7, 11) is 0. The van der Waals surface area contributed by atoms with Crippen molar-refractivity contribution >= 4 is 29.3 Å². The SMILES string of the molecule is CCN1CCN(c2cccc(F)c2C2SC(CC(=O)N3CCC(n4cc(-c5ccccc5)[nH]c4=O)CC3)C(=O)N2CCC(C)(C)C)CC1.[HH]. The summed E-state index contributed by atoms with van der Waals surface area (Å²) < 4.78 is 17.6. The number of rotatable bonds is 9. The van der Waals surface area contributed by atoms with E-state index in [0.717, 1.165) is 56.1 Å². The molecule has 260 valence electrons. The maximum atomic E-state index is 15.9. The summed E-state index contributed by atoms with van der Waals surface area (Å²) in [6.45, 7) is 14.6. The number of H-pyrrole nitrogens is 1. The van der Waals surface area contributed by atoms with Crippen molar-refractivity contribution in [1.82, 2.24) is 24.3 Å². The number of thioether (sulfide) groups is 1. The summed E-state index contributed by atoms with van der Waals surface area (Å²) in [5, 5.41) is -1.08. The van der Waals surface area contributed by atoms with Crippen molar-refractivity contribution in [3.05, 3.63) is 76.6 Å². The van der Waals surface area contributed by atoms with Crippen LogP contribution >= 0.6 is 11.8 Å². The molecule has 0 spiro atoms. The molecule has 3 saturated heterocycles. The number of hydrogen-bond acceptors (Lipinski definition) is 6. The molecule has 3 aromatic rings. The lowest BCUT2D eigenvalue weighted by Crippen LogP contribution is -2.46. The first kappa shape index (κ1) is 34.3. The first-order valence-corrected chi connectivity index (χ1v) is 18.3. The summed E-state index contributed by atoms with van der Waals surface area (Å²) >= 11 is 1.42. The number of piperazine rings is 1. The van der Waals surface area contributed by atoms with Gasteiger partial charge in [0, 0.05) is 77.2 Å². The minimum absolute atomic E-state index is 0. The predicted octanol–water partition coefficient (Wildman–Crippen LogP) is 6.00. The van der Waals surface area contributed by atoms with E-state index in [0.29, 0.717) is 38.0 Å². The lowest BCUT2D eigenvalue weighted by molar-refractivity contribution is -0.136. The number of amides is 2. The van der Waals surface area contributed by atoms with Crippen LogP contribution in [0, 0.1) is 11.2 Å². The van der Waals surface area contributed by atoms with Crippen LogP contribution in [0.4, 0.5) is 10.1 Å². The van der Waals surface area contributed by atoms with Crippen LogP contribution in [0.15, 0.2) is 59.5 Å². The highest BCUT2D eigenvalue weighted by Gasteiger charge is 2.45. The van der Waals surface area contributed by atoms with E-state index in [1.165, 1.54) is 17.8 Å². The standard InChI is InChI=1S/C37H49FN6O3S.H2/c1-5-40-20-22-41(23-21-40)30-13-9-12-28(38)33(30)35-43(19-16-37(2,3)4)34(46)31(48-35)24-32(45)42-17-14-27(15-18-42)44-25-29(39-36(44)47)26-10-7-6-8-11-26;/h6-13,25,27,31,35H,5,14-24H2,1-4H3,(H,39,47);1H. The number of carbonyl (C=O) groups is 2. The predicted molar refractivity (Wildman–Crippen MR) is 193 cm³/mol. The Kier molecular flexibility index (Phi) is 10.4. The van der Waals surface area contributed by atoms with E-state index in [9.17, 15) is 14.4 Å². The van der Waals surface area contributed by atoms with Crippen molar-refractivity contribution < 1.29 is 15.4 Å². The van der Waals surface area contributed by atoms with Gasteiger partial charge in [0.05, 0.1) is 10.9 Å². The Labute approximate surface area is 288 Å². The molecule has 2 amide bonds. The molecule has 48 heavy (non-hydrogen) atoms. The van der Waals surface area contributed by atoms with E-state index < -0.39 is 10.6 Å². The van der Waals surface area contributed by atoms with E-state index in [1.54, 1.807) is 10.6 Å². The number of likely N-dealkylation sites (N-methyl/N-ethyl adjacent to an activating group) is 1. The first-order valence-electron chi connectivity index (χ1n) is 17.4. The molecule has 0 aliphatic carbocycles. The second-order valence-electron chi connectivity index (χ2n) is 14.5. The molecule has 9 nitrogen and oxygen atoms in total. The molecule has 2 unspecified atom stereocenters. The largest absolute Gasteiger partial charge is 0.369 e. The smallest absolute Gasteiger partial charge is 0.326 e. The molecule has 2 atom stereocenters. The number of hydrogen-bond donors (Lipinski definition) is 1. The summed E-state index contributed by atoms with van der Waals surface area (Å²) in [5.41, 5.74) is 2.98. The molecular formula is C37H51FN6O3S. The van der Waals surface area contributed by atoms with Crippen molar-refractivity contribution in [3.63, 3.8) is 0 Å². The maximum absolute atomic E-state index is 15.9. The molecular weight excluding hydrogens is 628 g/mol. The van der Waals surface area contributed by atoms with Gasteiger partial charge in [-0.2, -0.15) is 0 Å². The first-order chi connectivity index (χ1) is 23.0. The number of nitrogens with zero attached hydrogens (tertiary/aromatic N) is 5. The molecule has 6 rings (SSSR count). The van der Waals surface area contributed by atoms with Gasteiger partial charge in [-0.1, -0.05) is 64.1 Å². The number of nitrogens with one attached hydrogen (secondary N) is 1. The molecule has 4 heterocycles. The van der Waals surface area contributed by atoms with E-state index in [1.807, 2.05) is 52.4 Å². The summed E-state index contributed by atoms with van der Waals surface area (Å²) in [6.07, 6.45) is 4.05. The molecule has 2 aromatic carbocycles. The Balaban J connectivity index is 0.00000468. The monoisotopic (exact) mass is 678 g/mol. The van der Waals surface area contributed by atoms with Gasteiger partial charge in [0.25, 0.3) is 0 Å². The molecule has 3 fully saturated rings. The van der Waals surface area contributed by atoms with Crippen molar-refractivity contribution in [3.8, 4) is 11.3 Å². The second-order valence-corrected chi connectivity index (χ2v) is 15.8. The van der Waals surface area contributed by atoms with Crippen LogP contribution < -0.4 is 10.6 Å². The topological polar surface area (TPSA) is 84.9 Å². The average molecular weight is 679 g/mol. The van der Waals surface area contributed by atoms with Gasteiger partial charge < -0.3 is 24.6 Å². The van der Waals surface area contributed by atoms with Gasteiger partial charge >= 0.3 is 5.69 Å². The van der Waals surface area contributed by atoms with Crippen LogP contribution in [0.1, 0.15) is 71.8 Å². The van der Waals surface area contributed by atoms with Gasteiger partial charge in [0.15, 0.2) is 0 Å². The fraction of sp³-hybridized carbons (Fsp3) is 0.541. The van der Waals surface area contributed by atoms with E-state index in [4.69, 9.17) is 0 Å². The summed E-state index contributed by atoms with van der Waals surface area (Å²) in [6, 6.07) is 15.0. The highest BCUT2D eigenvalue weighted by molar-refractivity contribution is 8.01. The molecule has 1 N–H and O–H groups in total. The van der Waals surface area contributed by atoms with Crippen molar-refractivity contribution in [1.29, 1.82) is 0 Å². The third kappa shape index (κ3) is 7.52. The number of aromatic amines is 1. The lowest BCUT2D eigenvalue weighted by atomic mass is 9.92. The average Bonchev–Trinajstić information content (AvgIpc) is 3.62. The minimum atomic E-state index is -0.578. The number of likely N-dealkylation sites (tertiary alicyclic amines) is 1. The maximum Gasteiger partial charge on any atom is 0.326 e. The molecule has 3 aliphatic heterocycles. The van der Waals surface area contributed by atoms with Gasteiger partial charge in [0.1, 0.15) is 11.2 Å². The fourth-order valence-electron chi connectivity index (χ4n) is 7.11. The molecule has 0 bridgehead atoms. The van der Waals surface area contributed by atoms with Gasteiger partial charge in [-0.3, -0.25) is 14.2 Å². The zero-order valence-electron chi connectivity index (χ0n) is 28.7. The third-order valence-corrected chi connectivity index (χ3v) is 11.5. The van der Waals surface area contributed by atoms with Crippen molar-refractivity contribution in [2.45, 2.75) is 70.0 Å². The summed E-state index contributed by atoms with van der Waals surface area (Å²) in [4.78, 5) is 51.8. The van der Waals surface area contributed by atoms with E-state index >= 15 is 4.39 Å². The van der Waals surface area contributed by atoms with Crippen LogP contribution in [0.2, 0.25) is 0 Å².